The summed E-state index contributed by atoms with van der Waals surface area (Å²) in [5, 5.41) is 4.20. The van der Waals surface area contributed by atoms with E-state index in [4.69, 9.17) is 23.8 Å². The molecule has 0 amide bonds. The molecule has 0 saturated carbocycles. The molecule has 4 rings (SSSR count). The maximum Gasteiger partial charge on any atom is 0.573 e. The van der Waals surface area contributed by atoms with Crippen molar-refractivity contribution >= 4 is 5.71 Å². The van der Waals surface area contributed by atoms with E-state index in [0.717, 1.165) is 0 Å². The van der Waals surface area contributed by atoms with E-state index in [9.17, 15) is 17.6 Å². The van der Waals surface area contributed by atoms with Crippen molar-refractivity contribution in [2.24, 2.45) is 5.16 Å². The van der Waals surface area contributed by atoms with Crippen LogP contribution in [0.1, 0.15) is 19.4 Å². The Hall–Kier alpha value is -3.52. The molecule has 9 nitrogen and oxygen atoms in total. The Bertz CT molecular complexity index is 1310. The summed E-state index contributed by atoms with van der Waals surface area (Å²) in [4.78, 5) is 9.95. The molecule has 40 heavy (non-hydrogen) atoms. The number of methoxy groups -OCH3 is 3. The fourth-order valence-corrected chi connectivity index (χ4v) is 4.45. The molecule has 216 valence electrons. The zero-order valence-electron chi connectivity index (χ0n) is 22.4. The zero-order chi connectivity index (χ0) is 29.0. The lowest BCUT2D eigenvalue weighted by atomic mass is 9.99. The summed E-state index contributed by atoms with van der Waals surface area (Å²) in [6.45, 7) is 3.52. The van der Waals surface area contributed by atoms with Crippen molar-refractivity contribution < 1.29 is 46.1 Å². The maximum atomic E-state index is 14.8. The van der Waals surface area contributed by atoms with Crippen LogP contribution < -0.4 is 4.74 Å². The number of halogens is 4. The highest BCUT2D eigenvalue weighted by atomic mass is 19.4. The summed E-state index contributed by atoms with van der Waals surface area (Å²) in [5.74, 6) is -0.873. The van der Waals surface area contributed by atoms with E-state index in [2.05, 4.69) is 14.9 Å². The topological polar surface area (TPSA) is 85.6 Å². The number of ether oxygens (including phenoxy) is 5. The molecule has 2 aromatic carbocycles. The quantitative estimate of drug-likeness (QED) is 0.202. The van der Waals surface area contributed by atoms with Crippen LogP contribution in [-0.4, -0.2) is 73.7 Å². The first-order chi connectivity index (χ1) is 19.0. The summed E-state index contributed by atoms with van der Waals surface area (Å²) in [5.41, 5.74) is 2.02. The molecule has 0 aliphatic carbocycles. The van der Waals surface area contributed by atoms with Crippen LogP contribution in [-0.2, 0) is 23.8 Å². The minimum absolute atomic E-state index is 0.197. The average molecular weight is 568 g/mol. The molecular weight excluding hydrogens is 538 g/mol. The Morgan fingerprint density at radius 1 is 0.975 bits per heavy atom. The van der Waals surface area contributed by atoms with Crippen molar-refractivity contribution in [1.29, 1.82) is 0 Å². The third-order valence-corrected chi connectivity index (χ3v) is 6.45. The number of oxime groups is 1. The van der Waals surface area contributed by atoms with Gasteiger partial charge in [0.2, 0.25) is 0 Å². The predicted molar refractivity (Wildman–Crippen MR) is 136 cm³/mol. The van der Waals surface area contributed by atoms with Crippen LogP contribution in [0.3, 0.4) is 0 Å². The normalized spacial score (nSPS) is 23.7. The molecule has 0 bridgehead atoms. The van der Waals surface area contributed by atoms with Crippen molar-refractivity contribution in [3.63, 3.8) is 0 Å². The van der Waals surface area contributed by atoms with E-state index >= 15 is 0 Å². The fourth-order valence-electron chi connectivity index (χ4n) is 4.45. The van der Waals surface area contributed by atoms with Crippen LogP contribution in [0.2, 0.25) is 0 Å². The molecular formula is C27H29F4N3O6. The van der Waals surface area contributed by atoms with Gasteiger partial charge in [-0.25, -0.2) is 9.37 Å². The first-order valence-corrected chi connectivity index (χ1v) is 12.2. The van der Waals surface area contributed by atoms with Crippen molar-refractivity contribution in [1.82, 2.24) is 9.55 Å². The van der Waals surface area contributed by atoms with Crippen molar-refractivity contribution in [2.75, 3.05) is 21.3 Å². The third-order valence-electron chi connectivity index (χ3n) is 6.45. The molecule has 1 aliphatic heterocycles. The summed E-state index contributed by atoms with van der Waals surface area (Å²) >= 11 is 0. The molecule has 0 radical (unpaired) electrons. The molecule has 3 aromatic rings. The maximum absolute atomic E-state index is 14.8. The fraction of sp³-hybridized carbons (Fsp3) is 0.407. The summed E-state index contributed by atoms with van der Waals surface area (Å²) in [6, 6.07) is 9.62. The number of hydrogen-bond donors (Lipinski definition) is 0. The van der Waals surface area contributed by atoms with Crippen LogP contribution in [0, 0.1) is 5.82 Å². The molecule has 0 spiro atoms. The van der Waals surface area contributed by atoms with Crippen LogP contribution >= 0.6 is 0 Å². The SMILES string of the molecule is CO[C@@H]1[C@@H](OC)[C@H](C)O[C@@H](O/N=C(\C)c2ccc(F)c(-c3cn(-c4ccc(OC(F)(F)F)cc4)cn3)c2)[C@@H]1OC. The Labute approximate surface area is 228 Å². The summed E-state index contributed by atoms with van der Waals surface area (Å²) in [7, 11) is 4.61. The lowest BCUT2D eigenvalue weighted by Gasteiger charge is -2.42. The molecule has 2 heterocycles. The second kappa shape index (κ2) is 12.3. The zero-order valence-corrected chi connectivity index (χ0v) is 22.4. The van der Waals surface area contributed by atoms with Crippen molar-refractivity contribution in [3.8, 4) is 22.7 Å². The monoisotopic (exact) mass is 567 g/mol. The first kappa shape index (κ1) is 29.5. The van der Waals surface area contributed by atoms with Gasteiger partial charge >= 0.3 is 6.36 Å². The van der Waals surface area contributed by atoms with Crippen LogP contribution in [0.4, 0.5) is 17.6 Å². The Kier molecular flexibility index (Phi) is 9.08. The van der Waals surface area contributed by atoms with Crippen LogP contribution in [0.5, 0.6) is 5.75 Å². The van der Waals surface area contributed by atoms with Gasteiger partial charge in [-0.15, -0.1) is 13.2 Å². The highest BCUT2D eigenvalue weighted by Crippen LogP contribution is 2.29. The van der Waals surface area contributed by atoms with Crippen molar-refractivity contribution in [3.05, 3.63) is 66.4 Å². The molecule has 0 unspecified atom stereocenters. The molecule has 0 N–H and O–H groups in total. The van der Waals surface area contributed by atoms with Gasteiger partial charge in [0.1, 0.15) is 23.8 Å². The largest absolute Gasteiger partial charge is 0.573 e. The number of rotatable bonds is 9. The molecule has 1 fully saturated rings. The second-order valence-corrected chi connectivity index (χ2v) is 9.00. The van der Waals surface area contributed by atoms with Gasteiger partial charge in [-0.3, -0.25) is 0 Å². The number of nitrogens with zero attached hydrogens (tertiary/aromatic N) is 3. The highest BCUT2D eigenvalue weighted by Gasteiger charge is 2.47. The van der Waals surface area contributed by atoms with Gasteiger partial charge in [0, 0.05) is 38.8 Å². The van der Waals surface area contributed by atoms with Gasteiger partial charge in [0.15, 0.2) is 6.10 Å². The Balaban J connectivity index is 1.51. The van der Waals surface area contributed by atoms with Crippen molar-refractivity contribution in [2.45, 2.75) is 50.9 Å². The smallest absolute Gasteiger partial charge is 0.406 e. The minimum atomic E-state index is -4.79. The number of hydrogen-bond acceptors (Lipinski definition) is 8. The number of aromatic nitrogens is 2. The van der Waals surface area contributed by atoms with Gasteiger partial charge in [-0.1, -0.05) is 11.2 Å². The van der Waals surface area contributed by atoms with E-state index in [1.54, 1.807) is 44.0 Å². The molecule has 1 aromatic heterocycles. The van der Waals surface area contributed by atoms with Gasteiger partial charge in [0.05, 0.1) is 23.8 Å². The van der Waals surface area contributed by atoms with Gasteiger partial charge in [-0.05, 0) is 55.8 Å². The van der Waals surface area contributed by atoms with E-state index in [1.807, 2.05) is 6.92 Å². The summed E-state index contributed by atoms with van der Waals surface area (Å²) < 4.78 is 80.0. The first-order valence-electron chi connectivity index (χ1n) is 12.2. The van der Waals surface area contributed by atoms with Gasteiger partial charge < -0.3 is 33.1 Å². The van der Waals surface area contributed by atoms with E-state index in [0.29, 0.717) is 22.7 Å². The average Bonchev–Trinajstić information content (AvgIpc) is 3.41. The van der Waals surface area contributed by atoms with Crippen LogP contribution in [0.25, 0.3) is 16.9 Å². The molecule has 5 atom stereocenters. The lowest BCUT2D eigenvalue weighted by Crippen LogP contribution is -2.59. The van der Waals surface area contributed by atoms with Gasteiger partial charge in [0.25, 0.3) is 6.29 Å². The standard InChI is InChI=1S/C27H29F4N3O6/c1-15(33-40-26-25(37-5)24(36-4)23(35-3)16(2)38-26)17-6-11-21(28)20(12-17)22-13-34(14-32-22)18-7-9-19(10-8-18)39-27(29,30)31/h6-14,16,23-26H,1-5H3/b33-15+/t16-,23-,24+,25+,26-/m0/s1. The van der Waals surface area contributed by atoms with E-state index in [1.165, 1.54) is 43.8 Å². The van der Waals surface area contributed by atoms with E-state index in [-0.39, 0.29) is 23.5 Å². The Morgan fingerprint density at radius 3 is 2.27 bits per heavy atom. The minimum Gasteiger partial charge on any atom is -0.406 e. The number of benzene rings is 2. The van der Waals surface area contributed by atoms with Gasteiger partial charge in [-0.2, -0.15) is 0 Å². The number of alkyl halides is 3. The molecule has 1 aliphatic rings. The predicted octanol–water partition coefficient (Wildman–Crippen LogP) is 5.11. The number of imidazole rings is 1. The molecule has 13 heteroatoms. The van der Waals surface area contributed by atoms with Crippen LogP contribution in [0.15, 0.2) is 60.1 Å². The summed E-state index contributed by atoms with van der Waals surface area (Å²) in [6.07, 6.45) is -4.49. The highest BCUT2D eigenvalue weighted by molar-refractivity contribution is 5.99. The third kappa shape index (κ3) is 6.61. The lowest BCUT2D eigenvalue weighted by molar-refractivity contribution is -0.305. The van der Waals surface area contributed by atoms with E-state index < -0.39 is 30.7 Å². The second-order valence-electron chi connectivity index (χ2n) is 9.00. The molecule has 1 saturated heterocycles. The Morgan fingerprint density at radius 2 is 1.65 bits per heavy atom.